The van der Waals surface area contributed by atoms with Crippen LogP contribution in [0.2, 0.25) is 0 Å². The molecule has 1 aliphatic rings. The fourth-order valence-electron chi connectivity index (χ4n) is 2.29. The molecular formula is C12H18N2. The van der Waals surface area contributed by atoms with Crippen LogP contribution < -0.4 is 0 Å². The van der Waals surface area contributed by atoms with E-state index in [9.17, 15) is 0 Å². The van der Waals surface area contributed by atoms with Crippen molar-refractivity contribution >= 4 is 0 Å². The minimum atomic E-state index is 0.831. The molecule has 1 aliphatic heterocycles. The van der Waals surface area contributed by atoms with Crippen LogP contribution in [0.3, 0.4) is 0 Å². The van der Waals surface area contributed by atoms with Gasteiger partial charge < -0.3 is 4.90 Å². The summed E-state index contributed by atoms with van der Waals surface area (Å²) >= 11 is 0. The second-order valence-electron chi connectivity index (χ2n) is 4.34. The van der Waals surface area contributed by atoms with Crippen LogP contribution >= 0.6 is 0 Å². The summed E-state index contributed by atoms with van der Waals surface area (Å²) in [5, 5.41) is 0. The average Bonchev–Trinajstić information content (AvgIpc) is 2.19. The Kier molecular flexibility index (Phi) is 3.14. The Labute approximate surface area is 86.0 Å². The van der Waals surface area contributed by atoms with E-state index in [1.807, 2.05) is 18.5 Å². The monoisotopic (exact) mass is 190 g/mol. The Hall–Kier alpha value is -0.890. The number of hydrogen-bond acceptors (Lipinski definition) is 2. The maximum absolute atomic E-state index is 4.16. The van der Waals surface area contributed by atoms with E-state index in [-0.39, 0.29) is 0 Å². The lowest BCUT2D eigenvalue weighted by Crippen LogP contribution is -2.32. The standard InChI is InChI=1S/C12H18N2/c1-14-7-3-5-12(10-14)8-11-4-2-6-13-9-11/h2,4,6,9,12H,3,5,7-8,10H2,1H3/t12-/m1/s1. The molecule has 1 aromatic heterocycles. The molecule has 0 amide bonds. The van der Waals surface area contributed by atoms with Crippen molar-refractivity contribution in [2.75, 3.05) is 20.1 Å². The van der Waals surface area contributed by atoms with Crippen molar-refractivity contribution in [1.29, 1.82) is 0 Å². The number of aromatic nitrogens is 1. The van der Waals surface area contributed by atoms with Gasteiger partial charge in [-0.15, -0.1) is 0 Å². The molecule has 0 radical (unpaired) electrons. The molecule has 1 atom stereocenters. The van der Waals surface area contributed by atoms with E-state index in [0.717, 1.165) is 5.92 Å². The number of nitrogens with zero attached hydrogens (tertiary/aromatic N) is 2. The first-order chi connectivity index (χ1) is 6.84. The third kappa shape index (κ3) is 2.55. The van der Waals surface area contributed by atoms with Gasteiger partial charge >= 0.3 is 0 Å². The van der Waals surface area contributed by atoms with Gasteiger partial charge in [0.05, 0.1) is 0 Å². The summed E-state index contributed by atoms with van der Waals surface area (Å²) in [6.45, 7) is 2.51. The molecule has 0 saturated carbocycles. The van der Waals surface area contributed by atoms with Crippen molar-refractivity contribution in [3.8, 4) is 0 Å². The van der Waals surface area contributed by atoms with Gasteiger partial charge in [0.2, 0.25) is 0 Å². The Morgan fingerprint density at radius 2 is 2.50 bits per heavy atom. The summed E-state index contributed by atoms with van der Waals surface area (Å²) in [6.07, 6.45) is 7.75. The molecule has 0 unspecified atom stereocenters. The highest BCUT2D eigenvalue weighted by atomic mass is 15.1. The maximum atomic E-state index is 4.16. The summed E-state index contributed by atoms with van der Waals surface area (Å²) in [5.41, 5.74) is 1.38. The summed E-state index contributed by atoms with van der Waals surface area (Å²) < 4.78 is 0. The van der Waals surface area contributed by atoms with E-state index in [4.69, 9.17) is 0 Å². The molecule has 14 heavy (non-hydrogen) atoms. The zero-order chi connectivity index (χ0) is 9.80. The van der Waals surface area contributed by atoms with Gasteiger partial charge in [0.25, 0.3) is 0 Å². The second kappa shape index (κ2) is 4.56. The summed E-state index contributed by atoms with van der Waals surface area (Å²) in [5.74, 6) is 0.831. The number of piperidine rings is 1. The van der Waals surface area contributed by atoms with E-state index < -0.39 is 0 Å². The summed E-state index contributed by atoms with van der Waals surface area (Å²) in [6, 6.07) is 4.21. The molecule has 0 bridgehead atoms. The van der Waals surface area contributed by atoms with Crippen molar-refractivity contribution in [2.24, 2.45) is 5.92 Å². The average molecular weight is 190 g/mol. The molecule has 76 valence electrons. The quantitative estimate of drug-likeness (QED) is 0.708. The first-order valence-electron chi connectivity index (χ1n) is 5.42. The van der Waals surface area contributed by atoms with E-state index in [1.165, 1.54) is 37.9 Å². The minimum Gasteiger partial charge on any atom is -0.306 e. The van der Waals surface area contributed by atoms with Crippen molar-refractivity contribution in [3.05, 3.63) is 30.1 Å². The van der Waals surface area contributed by atoms with Crippen molar-refractivity contribution in [2.45, 2.75) is 19.3 Å². The van der Waals surface area contributed by atoms with E-state index in [2.05, 4.69) is 23.0 Å². The highest BCUT2D eigenvalue weighted by Crippen LogP contribution is 2.19. The normalized spacial score (nSPS) is 23.6. The first-order valence-corrected chi connectivity index (χ1v) is 5.42. The minimum absolute atomic E-state index is 0.831. The predicted molar refractivity (Wildman–Crippen MR) is 58.2 cm³/mol. The van der Waals surface area contributed by atoms with Gasteiger partial charge in [-0.2, -0.15) is 0 Å². The number of rotatable bonds is 2. The lowest BCUT2D eigenvalue weighted by atomic mass is 9.92. The largest absolute Gasteiger partial charge is 0.306 e. The lowest BCUT2D eigenvalue weighted by Gasteiger charge is -2.29. The summed E-state index contributed by atoms with van der Waals surface area (Å²) in [7, 11) is 2.22. The molecule has 1 fully saturated rings. The van der Waals surface area contributed by atoms with Gasteiger partial charge in [0.1, 0.15) is 0 Å². The topological polar surface area (TPSA) is 16.1 Å². The van der Waals surface area contributed by atoms with Gasteiger partial charge in [-0.1, -0.05) is 6.07 Å². The van der Waals surface area contributed by atoms with Crippen molar-refractivity contribution in [3.63, 3.8) is 0 Å². The lowest BCUT2D eigenvalue weighted by molar-refractivity contribution is 0.209. The van der Waals surface area contributed by atoms with Crippen LogP contribution in [0.4, 0.5) is 0 Å². The van der Waals surface area contributed by atoms with Gasteiger partial charge in [0.15, 0.2) is 0 Å². The Balaban J connectivity index is 1.91. The van der Waals surface area contributed by atoms with Crippen LogP contribution in [-0.2, 0) is 6.42 Å². The van der Waals surface area contributed by atoms with Gasteiger partial charge in [-0.05, 0) is 50.4 Å². The van der Waals surface area contributed by atoms with Crippen LogP contribution in [-0.4, -0.2) is 30.0 Å². The molecule has 2 rings (SSSR count). The Morgan fingerprint density at radius 1 is 1.57 bits per heavy atom. The Bertz CT molecular complexity index is 271. The maximum Gasteiger partial charge on any atom is 0.0299 e. The molecule has 0 spiro atoms. The van der Waals surface area contributed by atoms with Crippen LogP contribution in [0.15, 0.2) is 24.5 Å². The van der Waals surface area contributed by atoms with Crippen LogP contribution in [0.5, 0.6) is 0 Å². The zero-order valence-electron chi connectivity index (χ0n) is 8.82. The summed E-state index contributed by atoms with van der Waals surface area (Å²) in [4.78, 5) is 6.59. The van der Waals surface area contributed by atoms with Crippen LogP contribution in [0.25, 0.3) is 0 Å². The van der Waals surface area contributed by atoms with Crippen LogP contribution in [0.1, 0.15) is 18.4 Å². The highest BCUT2D eigenvalue weighted by Gasteiger charge is 2.17. The molecule has 0 aliphatic carbocycles. The Morgan fingerprint density at radius 3 is 3.21 bits per heavy atom. The molecule has 2 heteroatoms. The van der Waals surface area contributed by atoms with Crippen LogP contribution in [0, 0.1) is 5.92 Å². The molecule has 1 saturated heterocycles. The third-order valence-corrected chi connectivity index (χ3v) is 2.97. The predicted octanol–water partition coefficient (Wildman–Crippen LogP) is 1.97. The second-order valence-corrected chi connectivity index (χ2v) is 4.34. The van der Waals surface area contributed by atoms with E-state index in [1.54, 1.807) is 0 Å². The molecular weight excluding hydrogens is 172 g/mol. The molecule has 0 aromatic carbocycles. The third-order valence-electron chi connectivity index (χ3n) is 2.97. The molecule has 0 N–H and O–H groups in total. The highest BCUT2D eigenvalue weighted by molar-refractivity contribution is 5.09. The zero-order valence-corrected chi connectivity index (χ0v) is 8.82. The number of hydrogen-bond donors (Lipinski definition) is 0. The fourth-order valence-corrected chi connectivity index (χ4v) is 2.29. The SMILES string of the molecule is CN1CCC[C@H](Cc2cccnc2)C1. The van der Waals surface area contributed by atoms with E-state index >= 15 is 0 Å². The molecule has 1 aromatic rings. The van der Waals surface area contributed by atoms with Gasteiger partial charge in [-0.3, -0.25) is 4.98 Å². The number of pyridine rings is 1. The van der Waals surface area contributed by atoms with E-state index in [0.29, 0.717) is 0 Å². The molecule has 2 nitrogen and oxygen atoms in total. The van der Waals surface area contributed by atoms with Gasteiger partial charge in [0, 0.05) is 18.9 Å². The smallest absolute Gasteiger partial charge is 0.0299 e. The fraction of sp³-hybridized carbons (Fsp3) is 0.583. The van der Waals surface area contributed by atoms with Crippen molar-refractivity contribution < 1.29 is 0 Å². The van der Waals surface area contributed by atoms with Crippen molar-refractivity contribution in [1.82, 2.24) is 9.88 Å². The van der Waals surface area contributed by atoms with Gasteiger partial charge in [-0.25, -0.2) is 0 Å². The number of likely N-dealkylation sites (tertiary alicyclic amines) is 1. The molecule has 2 heterocycles. The first kappa shape index (κ1) is 9.66.